The standard InChI is InChI=1S/C21H24ClNO5/c1-2-27-16-6-3-13(4-7-16)9-15-10-14(5-8-17(15)22)19-11-18(23-26)21(25)20(12-24)28-19/h3-8,10,18-21,24-25H,2,9,11-12H2,1H3/t18-,19-,20-,21+/m1/s1. The van der Waals surface area contributed by atoms with E-state index in [2.05, 4.69) is 5.18 Å². The molecule has 1 aliphatic heterocycles. The van der Waals surface area contributed by atoms with Crippen LogP contribution in [-0.4, -0.2) is 41.7 Å². The van der Waals surface area contributed by atoms with E-state index in [9.17, 15) is 15.1 Å². The van der Waals surface area contributed by atoms with Crippen molar-refractivity contribution in [1.82, 2.24) is 0 Å². The number of aliphatic hydroxyl groups is 2. The van der Waals surface area contributed by atoms with E-state index < -0.39 is 24.4 Å². The maximum Gasteiger partial charge on any atom is 0.123 e. The van der Waals surface area contributed by atoms with Crippen molar-refractivity contribution >= 4 is 11.6 Å². The van der Waals surface area contributed by atoms with E-state index >= 15 is 0 Å². The minimum Gasteiger partial charge on any atom is -0.494 e. The lowest BCUT2D eigenvalue weighted by Gasteiger charge is -2.36. The molecule has 0 aliphatic carbocycles. The summed E-state index contributed by atoms with van der Waals surface area (Å²) in [6.07, 6.45) is -1.50. The van der Waals surface area contributed by atoms with Crippen LogP contribution in [0.5, 0.6) is 5.75 Å². The predicted octanol–water partition coefficient (Wildman–Crippen LogP) is 3.65. The lowest BCUT2D eigenvalue weighted by Crippen LogP contribution is -2.46. The molecule has 6 nitrogen and oxygen atoms in total. The van der Waals surface area contributed by atoms with Crippen LogP contribution in [0.3, 0.4) is 0 Å². The van der Waals surface area contributed by atoms with E-state index in [0.29, 0.717) is 18.1 Å². The van der Waals surface area contributed by atoms with Gasteiger partial charge in [0.25, 0.3) is 0 Å². The Kier molecular flexibility index (Phi) is 7.02. The molecule has 2 aromatic rings. The van der Waals surface area contributed by atoms with E-state index in [0.717, 1.165) is 22.4 Å². The van der Waals surface area contributed by atoms with Crippen molar-refractivity contribution in [3.8, 4) is 5.75 Å². The van der Waals surface area contributed by atoms with Gasteiger partial charge in [-0.2, -0.15) is 4.91 Å². The van der Waals surface area contributed by atoms with Crippen LogP contribution in [0.4, 0.5) is 0 Å². The van der Waals surface area contributed by atoms with Crippen LogP contribution in [0.2, 0.25) is 5.02 Å². The van der Waals surface area contributed by atoms with Crippen molar-refractivity contribution in [3.63, 3.8) is 0 Å². The first-order valence-electron chi connectivity index (χ1n) is 9.32. The summed E-state index contributed by atoms with van der Waals surface area (Å²) in [6, 6.07) is 12.6. The Morgan fingerprint density at radius 3 is 2.64 bits per heavy atom. The summed E-state index contributed by atoms with van der Waals surface area (Å²) in [7, 11) is 0. The second-order valence-electron chi connectivity index (χ2n) is 6.85. The van der Waals surface area contributed by atoms with E-state index in [1.165, 1.54) is 0 Å². The average molecular weight is 406 g/mol. The Bertz CT molecular complexity index is 798. The summed E-state index contributed by atoms with van der Waals surface area (Å²) in [5, 5.41) is 23.1. The van der Waals surface area contributed by atoms with Gasteiger partial charge < -0.3 is 19.7 Å². The predicted molar refractivity (Wildman–Crippen MR) is 107 cm³/mol. The number of halogens is 1. The van der Waals surface area contributed by atoms with Gasteiger partial charge in [0.15, 0.2) is 0 Å². The number of benzene rings is 2. The van der Waals surface area contributed by atoms with Crippen LogP contribution < -0.4 is 4.74 Å². The van der Waals surface area contributed by atoms with Gasteiger partial charge in [0.2, 0.25) is 0 Å². The number of nitrogens with zero attached hydrogens (tertiary/aromatic N) is 1. The smallest absolute Gasteiger partial charge is 0.123 e. The van der Waals surface area contributed by atoms with Gasteiger partial charge in [0.05, 0.1) is 19.3 Å². The Hall–Kier alpha value is -1.99. The van der Waals surface area contributed by atoms with E-state index in [4.69, 9.17) is 21.1 Å². The molecule has 0 amide bonds. The molecule has 4 atom stereocenters. The molecule has 2 aromatic carbocycles. The van der Waals surface area contributed by atoms with Crippen molar-refractivity contribution < 1.29 is 19.7 Å². The van der Waals surface area contributed by atoms with E-state index in [1.54, 1.807) is 6.07 Å². The van der Waals surface area contributed by atoms with Crippen LogP contribution in [0.25, 0.3) is 0 Å². The summed E-state index contributed by atoms with van der Waals surface area (Å²) < 4.78 is 11.3. The fourth-order valence-electron chi connectivity index (χ4n) is 3.45. The molecule has 1 fully saturated rings. The monoisotopic (exact) mass is 405 g/mol. The van der Waals surface area contributed by atoms with Gasteiger partial charge in [-0.25, -0.2) is 0 Å². The van der Waals surface area contributed by atoms with Crippen LogP contribution in [0.1, 0.15) is 36.1 Å². The number of rotatable bonds is 7. The van der Waals surface area contributed by atoms with E-state index in [1.807, 2.05) is 43.3 Å². The zero-order chi connectivity index (χ0) is 20.1. The maximum atomic E-state index is 11.1. The lowest BCUT2D eigenvalue weighted by molar-refractivity contribution is -0.143. The van der Waals surface area contributed by atoms with Gasteiger partial charge in [-0.3, -0.25) is 0 Å². The molecule has 3 rings (SSSR count). The van der Waals surface area contributed by atoms with Gasteiger partial charge in [-0.15, -0.1) is 0 Å². The summed E-state index contributed by atoms with van der Waals surface area (Å²) in [6.45, 7) is 2.18. The van der Waals surface area contributed by atoms with Gasteiger partial charge >= 0.3 is 0 Å². The van der Waals surface area contributed by atoms with Crippen molar-refractivity contribution in [1.29, 1.82) is 0 Å². The molecular weight excluding hydrogens is 382 g/mol. The first-order chi connectivity index (χ1) is 13.5. The molecule has 7 heteroatoms. The second kappa shape index (κ2) is 9.47. The summed E-state index contributed by atoms with van der Waals surface area (Å²) >= 11 is 6.39. The number of ether oxygens (including phenoxy) is 2. The third-order valence-corrected chi connectivity index (χ3v) is 5.32. The molecule has 0 spiro atoms. The van der Waals surface area contributed by atoms with Crippen molar-refractivity contribution in [3.05, 3.63) is 69.1 Å². The molecule has 28 heavy (non-hydrogen) atoms. The SMILES string of the molecule is CCOc1ccc(Cc2cc([C@H]3C[C@@H](N=O)[C@H](O)[C@@H](CO)O3)ccc2Cl)cc1. The Morgan fingerprint density at radius 1 is 1.25 bits per heavy atom. The van der Waals surface area contributed by atoms with Gasteiger partial charge in [0, 0.05) is 11.4 Å². The van der Waals surface area contributed by atoms with E-state index in [-0.39, 0.29) is 13.0 Å². The number of nitroso groups, excluding NO2 is 1. The Labute approximate surface area is 169 Å². The quantitative estimate of drug-likeness (QED) is 0.686. The molecular formula is C21H24ClNO5. The minimum absolute atomic E-state index is 0.255. The van der Waals surface area contributed by atoms with Crippen LogP contribution in [-0.2, 0) is 11.2 Å². The van der Waals surface area contributed by atoms with Gasteiger partial charge in [-0.05, 0) is 48.2 Å². The third-order valence-electron chi connectivity index (χ3n) is 4.96. The molecule has 1 aliphatic rings. The Balaban J connectivity index is 1.80. The second-order valence-corrected chi connectivity index (χ2v) is 7.26. The van der Waals surface area contributed by atoms with Crippen molar-refractivity contribution in [2.45, 2.75) is 44.1 Å². The highest BCUT2D eigenvalue weighted by Crippen LogP contribution is 2.35. The average Bonchev–Trinajstić information content (AvgIpc) is 2.71. The third kappa shape index (κ3) is 4.70. The number of aliphatic hydroxyl groups excluding tert-OH is 2. The molecule has 0 radical (unpaired) electrons. The normalized spacial score (nSPS) is 24.7. The molecule has 0 saturated carbocycles. The lowest BCUT2D eigenvalue weighted by atomic mass is 9.91. The fourth-order valence-corrected chi connectivity index (χ4v) is 3.63. The first kappa shape index (κ1) is 20.7. The molecule has 0 bridgehead atoms. The first-order valence-corrected chi connectivity index (χ1v) is 9.70. The Morgan fingerprint density at radius 2 is 2.00 bits per heavy atom. The molecule has 2 N–H and O–H groups in total. The molecule has 1 heterocycles. The van der Waals surface area contributed by atoms with Crippen molar-refractivity contribution in [2.75, 3.05) is 13.2 Å². The highest BCUT2D eigenvalue weighted by molar-refractivity contribution is 6.31. The van der Waals surface area contributed by atoms with Gasteiger partial charge in [0.1, 0.15) is 24.0 Å². The van der Waals surface area contributed by atoms with Crippen LogP contribution >= 0.6 is 11.6 Å². The van der Waals surface area contributed by atoms with Gasteiger partial charge in [-0.1, -0.05) is 41.0 Å². The summed E-state index contributed by atoms with van der Waals surface area (Å²) in [4.78, 5) is 11.1. The fraction of sp³-hybridized carbons (Fsp3) is 0.429. The van der Waals surface area contributed by atoms with Crippen LogP contribution in [0, 0.1) is 4.91 Å². The highest BCUT2D eigenvalue weighted by Gasteiger charge is 2.39. The maximum absolute atomic E-state index is 11.1. The zero-order valence-electron chi connectivity index (χ0n) is 15.6. The summed E-state index contributed by atoms with van der Waals surface area (Å²) in [5.41, 5.74) is 2.85. The number of hydrogen-bond donors (Lipinski definition) is 2. The summed E-state index contributed by atoms with van der Waals surface area (Å²) in [5.74, 6) is 0.822. The number of hydrogen-bond acceptors (Lipinski definition) is 6. The molecule has 0 aromatic heterocycles. The highest BCUT2D eigenvalue weighted by atomic mass is 35.5. The molecule has 150 valence electrons. The molecule has 0 unspecified atom stereocenters. The largest absolute Gasteiger partial charge is 0.494 e. The zero-order valence-corrected chi connectivity index (χ0v) is 16.4. The van der Waals surface area contributed by atoms with Crippen molar-refractivity contribution in [2.24, 2.45) is 5.18 Å². The van der Waals surface area contributed by atoms with Crippen LogP contribution in [0.15, 0.2) is 47.6 Å². The topological polar surface area (TPSA) is 88.4 Å². The minimum atomic E-state index is -1.10. The molecule has 1 saturated heterocycles.